The van der Waals surface area contributed by atoms with E-state index in [-0.39, 0.29) is 0 Å². The molecule has 0 radical (unpaired) electrons. The molecule has 25 heavy (non-hydrogen) atoms. The van der Waals surface area contributed by atoms with Gasteiger partial charge in [0.2, 0.25) is 0 Å². The molecule has 0 aromatic heterocycles. The first-order valence-corrected chi connectivity index (χ1v) is 9.06. The summed E-state index contributed by atoms with van der Waals surface area (Å²) < 4.78 is 0. The lowest BCUT2D eigenvalue weighted by Crippen LogP contribution is -2.07. The summed E-state index contributed by atoms with van der Waals surface area (Å²) in [5.74, 6) is 0.530. The minimum absolute atomic E-state index is 0.530. The second-order valence-corrected chi connectivity index (χ2v) is 6.61. The summed E-state index contributed by atoms with van der Waals surface area (Å²) in [5, 5.41) is 3.52. The number of allylic oxidation sites excluding steroid dienone is 7. The summed E-state index contributed by atoms with van der Waals surface area (Å²) in [5.41, 5.74) is 6.28. The number of rotatable bonds is 4. The van der Waals surface area contributed by atoms with Gasteiger partial charge in [-0.1, -0.05) is 72.8 Å². The smallest absolute Gasteiger partial charge is 0.0384 e. The molecule has 2 aromatic carbocycles. The van der Waals surface area contributed by atoms with Crippen LogP contribution in [0.1, 0.15) is 19.3 Å². The summed E-state index contributed by atoms with van der Waals surface area (Å²) in [7, 11) is 0. The lowest BCUT2D eigenvalue weighted by molar-refractivity contribution is 0.765. The maximum atomic E-state index is 3.52. The van der Waals surface area contributed by atoms with Crippen molar-refractivity contribution < 1.29 is 0 Å². The molecular formula is C24H23N. The average molecular weight is 325 g/mol. The molecule has 2 aromatic rings. The predicted molar refractivity (Wildman–Crippen MR) is 107 cm³/mol. The maximum Gasteiger partial charge on any atom is 0.0384 e. The third-order valence-corrected chi connectivity index (χ3v) is 4.83. The highest BCUT2D eigenvalue weighted by molar-refractivity contribution is 5.66. The zero-order chi connectivity index (χ0) is 16.9. The molecule has 1 N–H and O–H groups in total. The van der Waals surface area contributed by atoms with Gasteiger partial charge in [0, 0.05) is 17.3 Å². The van der Waals surface area contributed by atoms with E-state index in [0.717, 1.165) is 12.1 Å². The van der Waals surface area contributed by atoms with Crippen molar-refractivity contribution in [3.8, 4) is 11.1 Å². The Kier molecular flexibility index (Phi) is 4.65. The first-order chi connectivity index (χ1) is 12.4. The van der Waals surface area contributed by atoms with Crippen LogP contribution in [0.2, 0.25) is 0 Å². The summed E-state index contributed by atoms with van der Waals surface area (Å²) in [6.45, 7) is 0. The molecule has 0 amide bonds. The maximum absolute atomic E-state index is 3.52. The monoisotopic (exact) mass is 325 g/mol. The number of benzene rings is 2. The van der Waals surface area contributed by atoms with Gasteiger partial charge >= 0.3 is 0 Å². The van der Waals surface area contributed by atoms with Gasteiger partial charge in [0.25, 0.3) is 0 Å². The van der Waals surface area contributed by atoms with Crippen LogP contribution in [0.25, 0.3) is 11.1 Å². The highest BCUT2D eigenvalue weighted by Crippen LogP contribution is 2.28. The molecule has 0 fully saturated rings. The van der Waals surface area contributed by atoms with Gasteiger partial charge < -0.3 is 5.32 Å². The van der Waals surface area contributed by atoms with E-state index in [1.807, 2.05) is 6.07 Å². The number of nitrogens with one attached hydrogen (secondary N) is 1. The predicted octanol–water partition coefficient (Wildman–Crippen LogP) is 6.50. The van der Waals surface area contributed by atoms with Crippen molar-refractivity contribution >= 4 is 5.69 Å². The van der Waals surface area contributed by atoms with Gasteiger partial charge in [-0.2, -0.15) is 0 Å². The molecule has 0 heterocycles. The first kappa shape index (κ1) is 15.7. The average Bonchev–Trinajstić information content (AvgIpc) is 2.71. The normalized spacial score (nSPS) is 19.3. The molecule has 0 saturated heterocycles. The van der Waals surface area contributed by atoms with E-state index in [2.05, 4.69) is 90.3 Å². The Labute approximate surface area is 150 Å². The molecule has 0 saturated carbocycles. The van der Waals surface area contributed by atoms with Crippen molar-refractivity contribution in [2.24, 2.45) is 5.92 Å². The molecule has 2 aliphatic carbocycles. The van der Waals surface area contributed by atoms with Gasteiger partial charge in [0.1, 0.15) is 0 Å². The van der Waals surface area contributed by atoms with Crippen LogP contribution in [0.4, 0.5) is 5.69 Å². The van der Waals surface area contributed by atoms with Gasteiger partial charge in [0.05, 0.1) is 0 Å². The quantitative estimate of drug-likeness (QED) is 0.676. The Balaban J connectivity index is 1.40. The van der Waals surface area contributed by atoms with Crippen LogP contribution in [0.15, 0.2) is 102 Å². The summed E-state index contributed by atoms with van der Waals surface area (Å²) in [6, 6.07) is 19.1. The van der Waals surface area contributed by atoms with Gasteiger partial charge in [-0.05, 0) is 54.2 Å². The molecule has 0 spiro atoms. The van der Waals surface area contributed by atoms with E-state index in [1.165, 1.54) is 35.2 Å². The van der Waals surface area contributed by atoms with E-state index in [4.69, 9.17) is 0 Å². The molecule has 2 aliphatic rings. The van der Waals surface area contributed by atoms with Crippen molar-refractivity contribution in [1.82, 2.24) is 0 Å². The topological polar surface area (TPSA) is 12.0 Å². The fourth-order valence-electron chi connectivity index (χ4n) is 3.41. The molecule has 1 unspecified atom stereocenters. The fraction of sp³-hybridized carbons (Fsp3) is 0.167. The number of hydrogen-bond acceptors (Lipinski definition) is 1. The Morgan fingerprint density at radius 2 is 1.56 bits per heavy atom. The zero-order valence-corrected chi connectivity index (χ0v) is 14.4. The van der Waals surface area contributed by atoms with Gasteiger partial charge in [0.15, 0.2) is 0 Å². The van der Waals surface area contributed by atoms with E-state index < -0.39 is 0 Å². The van der Waals surface area contributed by atoms with Gasteiger partial charge in [-0.25, -0.2) is 0 Å². The minimum atomic E-state index is 0.530. The van der Waals surface area contributed by atoms with Crippen LogP contribution < -0.4 is 5.32 Å². The van der Waals surface area contributed by atoms with Crippen molar-refractivity contribution in [2.45, 2.75) is 19.3 Å². The van der Waals surface area contributed by atoms with Crippen LogP contribution in [0, 0.1) is 5.92 Å². The second kappa shape index (κ2) is 7.40. The largest absolute Gasteiger partial charge is 0.356 e. The highest BCUT2D eigenvalue weighted by atomic mass is 14.9. The summed E-state index contributed by atoms with van der Waals surface area (Å²) in [4.78, 5) is 0. The molecule has 1 heteroatoms. The van der Waals surface area contributed by atoms with E-state index in [9.17, 15) is 0 Å². The summed E-state index contributed by atoms with van der Waals surface area (Å²) >= 11 is 0. The van der Waals surface area contributed by atoms with E-state index in [0.29, 0.717) is 5.92 Å². The van der Waals surface area contributed by atoms with Crippen LogP contribution in [0.5, 0.6) is 0 Å². The molecule has 0 aliphatic heterocycles. The van der Waals surface area contributed by atoms with Crippen molar-refractivity contribution in [3.05, 3.63) is 102 Å². The molecule has 0 bridgehead atoms. The molecule has 1 nitrogen and oxygen atoms in total. The van der Waals surface area contributed by atoms with E-state index >= 15 is 0 Å². The van der Waals surface area contributed by atoms with Crippen molar-refractivity contribution in [2.75, 3.05) is 5.32 Å². The van der Waals surface area contributed by atoms with Crippen molar-refractivity contribution in [3.63, 3.8) is 0 Å². The van der Waals surface area contributed by atoms with Gasteiger partial charge in [-0.15, -0.1) is 0 Å². The molecule has 1 atom stereocenters. The lowest BCUT2D eigenvalue weighted by atomic mass is 9.88. The second-order valence-electron chi connectivity index (χ2n) is 6.61. The first-order valence-electron chi connectivity index (χ1n) is 9.06. The van der Waals surface area contributed by atoms with Crippen LogP contribution in [-0.2, 0) is 0 Å². The standard InChI is InChI=1S/C24H23N/c1-3-7-19(8-4-1)21-11-15-23(16-12-21)25-24-17-13-22(14-18-24)20-9-5-2-6-10-20/h1,3-5,7-13,15-18,22,25H,2,6,14H2. The Hall–Kier alpha value is -2.80. The molecule has 4 rings (SSSR count). The third kappa shape index (κ3) is 3.83. The number of anilines is 1. The Morgan fingerprint density at radius 3 is 2.24 bits per heavy atom. The SMILES string of the molecule is C1=CC(C2C=CC(Nc3ccc(-c4ccccc4)cc3)=CC2)=CCC1. The molecule has 124 valence electrons. The van der Waals surface area contributed by atoms with E-state index in [1.54, 1.807) is 0 Å². The zero-order valence-electron chi connectivity index (χ0n) is 14.4. The van der Waals surface area contributed by atoms with Gasteiger partial charge in [-0.3, -0.25) is 0 Å². The van der Waals surface area contributed by atoms with Crippen molar-refractivity contribution in [1.29, 1.82) is 0 Å². The molecular weight excluding hydrogens is 302 g/mol. The Bertz CT molecular complexity index is 835. The highest BCUT2D eigenvalue weighted by Gasteiger charge is 2.13. The third-order valence-electron chi connectivity index (χ3n) is 4.83. The van der Waals surface area contributed by atoms with Crippen LogP contribution in [0.3, 0.4) is 0 Å². The summed E-state index contributed by atoms with van der Waals surface area (Å²) in [6.07, 6.45) is 17.2. The Morgan fingerprint density at radius 1 is 0.760 bits per heavy atom. The number of hydrogen-bond donors (Lipinski definition) is 1. The lowest BCUT2D eigenvalue weighted by Gasteiger charge is -2.20. The fourth-order valence-corrected chi connectivity index (χ4v) is 3.41. The van der Waals surface area contributed by atoms with Crippen LogP contribution >= 0.6 is 0 Å². The minimum Gasteiger partial charge on any atom is -0.356 e. The van der Waals surface area contributed by atoms with Crippen LogP contribution in [-0.4, -0.2) is 0 Å².